The first-order chi connectivity index (χ1) is 15.9. The number of likely N-dealkylation sites (tertiary alicyclic amines) is 1. The van der Waals surface area contributed by atoms with E-state index in [0.29, 0.717) is 49.7 Å². The molecule has 176 valence electrons. The maximum Gasteiger partial charge on any atom is 0.411 e. The third-order valence-electron chi connectivity index (χ3n) is 5.25. The van der Waals surface area contributed by atoms with Crippen molar-refractivity contribution >= 4 is 29.3 Å². The molecule has 0 unspecified atom stereocenters. The van der Waals surface area contributed by atoms with Crippen molar-refractivity contribution in [1.82, 2.24) is 4.90 Å². The van der Waals surface area contributed by atoms with Gasteiger partial charge in [-0.15, -0.1) is 0 Å². The lowest BCUT2D eigenvalue weighted by Gasteiger charge is -2.31. The fourth-order valence-electron chi connectivity index (χ4n) is 3.46. The van der Waals surface area contributed by atoms with Crippen molar-refractivity contribution in [3.63, 3.8) is 0 Å². The summed E-state index contributed by atoms with van der Waals surface area (Å²) in [5, 5.41) is 5.57. The summed E-state index contributed by atoms with van der Waals surface area (Å²) < 4.78 is 10.6. The SMILES string of the molecule is CC(C)COC(=O)Nc1cccc(NC(=O)C2CCN(C(=O)COc3ccccc3)CC2)c1. The molecular formula is C25H31N3O5. The summed E-state index contributed by atoms with van der Waals surface area (Å²) in [4.78, 5) is 38.7. The first-order valence-electron chi connectivity index (χ1n) is 11.2. The van der Waals surface area contributed by atoms with Crippen molar-refractivity contribution in [1.29, 1.82) is 0 Å². The number of piperidine rings is 1. The lowest BCUT2D eigenvalue weighted by Crippen LogP contribution is -2.43. The molecule has 1 aliphatic heterocycles. The highest BCUT2D eigenvalue weighted by atomic mass is 16.5. The van der Waals surface area contributed by atoms with Crippen LogP contribution in [-0.2, 0) is 14.3 Å². The number of benzene rings is 2. The van der Waals surface area contributed by atoms with E-state index >= 15 is 0 Å². The number of rotatable bonds is 8. The van der Waals surface area contributed by atoms with Crippen LogP contribution in [0.25, 0.3) is 0 Å². The standard InChI is InChI=1S/C25H31N3O5/c1-18(2)16-33-25(31)27-21-8-6-7-20(15-21)26-24(30)19-11-13-28(14-12-19)23(29)17-32-22-9-4-3-5-10-22/h3-10,15,18-19H,11-14,16-17H2,1-2H3,(H,26,30)(H,27,31). The van der Waals surface area contributed by atoms with Crippen LogP contribution in [-0.4, -0.2) is 49.1 Å². The largest absolute Gasteiger partial charge is 0.484 e. The maximum absolute atomic E-state index is 12.7. The summed E-state index contributed by atoms with van der Waals surface area (Å²) in [6, 6.07) is 16.2. The van der Waals surface area contributed by atoms with Crippen molar-refractivity contribution in [3.8, 4) is 5.75 Å². The molecule has 1 fully saturated rings. The van der Waals surface area contributed by atoms with Gasteiger partial charge in [0.05, 0.1) is 6.61 Å². The fraction of sp³-hybridized carbons (Fsp3) is 0.400. The first kappa shape index (κ1) is 24.1. The second-order valence-corrected chi connectivity index (χ2v) is 8.44. The summed E-state index contributed by atoms with van der Waals surface area (Å²) in [6.07, 6.45) is 0.644. The predicted molar refractivity (Wildman–Crippen MR) is 126 cm³/mol. The summed E-state index contributed by atoms with van der Waals surface area (Å²) in [5.74, 6) is 0.546. The molecular weight excluding hydrogens is 422 g/mol. The Morgan fingerprint density at radius 2 is 1.64 bits per heavy atom. The van der Waals surface area contributed by atoms with E-state index < -0.39 is 6.09 Å². The van der Waals surface area contributed by atoms with Crippen molar-refractivity contribution < 1.29 is 23.9 Å². The Bertz CT molecular complexity index is 940. The number of para-hydroxylation sites is 1. The van der Waals surface area contributed by atoms with E-state index in [2.05, 4.69) is 10.6 Å². The topological polar surface area (TPSA) is 97.0 Å². The molecule has 3 amide bonds. The molecule has 2 aromatic rings. The zero-order chi connectivity index (χ0) is 23.6. The van der Waals surface area contributed by atoms with Crippen molar-refractivity contribution in [2.75, 3.05) is 36.9 Å². The molecule has 0 saturated carbocycles. The van der Waals surface area contributed by atoms with Crippen LogP contribution >= 0.6 is 0 Å². The molecule has 0 atom stereocenters. The normalized spacial score (nSPS) is 14.0. The number of carbonyl (C=O) groups is 3. The molecule has 1 saturated heterocycles. The Hall–Kier alpha value is -3.55. The van der Waals surface area contributed by atoms with E-state index in [-0.39, 0.29) is 30.3 Å². The highest BCUT2D eigenvalue weighted by Crippen LogP contribution is 2.21. The molecule has 0 aliphatic carbocycles. The van der Waals surface area contributed by atoms with Crippen LogP contribution in [0.1, 0.15) is 26.7 Å². The van der Waals surface area contributed by atoms with E-state index in [1.807, 2.05) is 44.2 Å². The van der Waals surface area contributed by atoms with Gasteiger partial charge in [0.15, 0.2) is 6.61 Å². The predicted octanol–water partition coefficient (Wildman–Crippen LogP) is 4.15. The van der Waals surface area contributed by atoms with Crippen LogP contribution in [0.5, 0.6) is 5.75 Å². The van der Waals surface area contributed by atoms with E-state index in [0.717, 1.165) is 0 Å². The van der Waals surface area contributed by atoms with Gasteiger partial charge in [-0.3, -0.25) is 14.9 Å². The van der Waals surface area contributed by atoms with Gasteiger partial charge in [-0.1, -0.05) is 38.1 Å². The monoisotopic (exact) mass is 453 g/mol. The number of hydrogen-bond donors (Lipinski definition) is 2. The highest BCUT2D eigenvalue weighted by Gasteiger charge is 2.27. The van der Waals surface area contributed by atoms with Crippen molar-refractivity contribution in [2.24, 2.45) is 11.8 Å². The minimum Gasteiger partial charge on any atom is -0.484 e. The Balaban J connectivity index is 1.43. The molecule has 1 aliphatic rings. The zero-order valence-electron chi connectivity index (χ0n) is 19.1. The molecule has 2 N–H and O–H groups in total. The quantitative estimate of drug-likeness (QED) is 0.626. The van der Waals surface area contributed by atoms with Gasteiger partial charge < -0.3 is 19.7 Å². The lowest BCUT2D eigenvalue weighted by atomic mass is 9.95. The molecule has 0 spiro atoms. The van der Waals surface area contributed by atoms with Gasteiger partial charge in [-0.05, 0) is 49.1 Å². The van der Waals surface area contributed by atoms with E-state index in [4.69, 9.17) is 9.47 Å². The van der Waals surface area contributed by atoms with Crippen molar-refractivity contribution in [3.05, 3.63) is 54.6 Å². The maximum atomic E-state index is 12.7. The Morgan fingerprint density at radius 1 is 0.970 bits per heavy atom. The minimum absolute atomic E-state index is 0.0136. The van der Waals surface area contributed by atoms with Crippen LogP contribution in [0.3, 0.4) is 0 Å². The van der Waals surface area contributed by atoms with E-state index in [9.17, 15) is 14.4 Å². The number of ether oxygens (including phenoxy) is 2. The highest BCUT2D eigenvalue weighted by molar-refractivity contribution is 5.94. The molecule has 3 rings (SSSR count). The molecule has 8 heteroatoms. The number of carbonyl (C=O) groups excluding carboxylic acids is 3. The van der Waals surface area contributed by atoms with Gasteiger partial charge in [0.1, 0.15) is 5.75 Å². The van der Waals surface area contributed by atoms with Crippen LogP contribution in [0.4, 0.5) is 16.2 Å². The molecule has 0 radical (unpaired) electrons. The average Bonchev–Trinajstić information content (AvgIpc) is 2.82. The summed E-state index contributed by atoms with van der Waals surface area (Å²) in [7, 11) is 0. The Morgan fingerprint density at radius 3 is 2.30 bits per heavy atom. The second-order valence-electron chi connectivity index (χ2n) is 8.44. The van der Waals surface area contributed by atoms with Gasteiger partial charge in [0.2, 0.25) is 5.91 Å². The van der Waals surface area contributed by atoms with Gasteiger partial charge in [-0.2, -0.15) is 0 Å². The van der Waals surface area contributed by atoms with Gasteiger partial charge in [0, 0.05) is 30.4 Å². The molecule has 1 heterocycles. The Kier molecular flexibility index (Phi) is 8.69. The number of amides is 3. The van der Waals surface area contributed by atoms with Crippen LogP contribution in [0, 0.1) is 11.8 Å². The fourth-order valence-corrected chi connectivity index (χ4v) is 3.46. The molecule has 0 aromatic heterocycles. The van der Waals surface area contributed by atoms with Crippen LogP contribution in [0.15, 0.2) is 54.6 Å². The first-order valence-corrected chi connectivity index (χ1v) is 11.2. The average molecular weight is 454 g/mol. The lowest BCUT2D eigenvalue weighted by molar-refractivity contribution is -0.136. The van der Waals surface area contributed by atoms with E-state index in [1.165, 1.54) is 0 Å². The molecule has 8 nitrogen and oxygen atoms in total. The smallest absolute Gasteiger partial charge is 0.411 e. The van der Waals surface area contributed by atoms with Crippen LogP contribution < -0.4 is 15.4 Å². The third-order valence-corrected chi connectivity index (χ3v) is 5.25. The van der Waals surface area contributed by atoms with Crippen LogP contribution in [0.2, 0.25) is 0 Å². The molecule has 2 aromatic carbocycles. The van der Waals surface area contributed by atoms with Gasteiger partial charge >= 0.3 is 6.09 Å². The summed E-state index contributed by atoms with van der Waals surface area (Å²) in [6.45, 7) is 5.27. The molecule has 33 heavy (non-hydrogen) atoms. The van der Waals surface area contributed by atoms with Gasteiger partial charge in [-0.25, -0.2) is 4.79 Å². The number of nitrogens with zero attached hydrogens (tertiary/aromatic N) is 1. The minimum atomic E-state index is -0.527. The second kappa shape index (κ2) is 11.9. The third kappa shape index (κ3) is 7.82. The summed E-state index contributed by atoms with van der Waals surface area (Å²) >= 11 is 0. The number of hydrogen-bond acceptors (Lipinski definition) is 5. The van der Waals surface area contributed by atoms with E-state index in [1.54, 1.807) is 29.2 Å². The molecule has 0 bridgehead atoms. The summed E-state index contributed by atoms with van der Waals surface area (Å²) in [5.41, 5.74) is 1.14. The Labute approximate surface area is 194 Å². The number of nitrogens with one attached hydrogen (secondary N) is 2. The van der Waals surface area contributed by atoms with Gasteiger partial charge in [0.25, 0.3) is 5.91 Å². The zero-order valence-corrected chi connectivity index (χ0v) is 19.1. The number of anilines is 2. The van der Waals surface area contributed by atoms with Crippen molar-refractivity contribution in [2.45, 2.75) is 26.7 Å².